The Labute approximate surface area is 118 Å². The highest BCUT2D eigenvalue weighted by molar-refractivity contribution is 5.51. The average molecular weight is 271 g/mol. The van der Waals surface area contributed by atoms with Crippen LogP contribution in [0.15, 0.2) is 18.5 Å². The van der Waals surface area contributed by atoms with Crippen molar-refractivity contribution in [2.24, 2.45) is 0 Å². The maximum Gasteiger partial charge on any atom is 0.157 e. The van der Waals surface area contributed by atoms with E-state index in [1.165, 1.54) is 37.7 Å². The summed E-state index contributed by atoms with van der Waals surface area (Å²) in [7, 11) is 0. The number of pyridine rings is 1. The molecular weight excluding hydrogens is 250 g/mol. The normalized spacial score (nSPS) is 24.8. The topological polar surface area (TPSA) is 54.2 Å². The number of hydrogen-bond acceptors (Lipinski definition) is 4. The standard InChI is InChI=1S/C15H21N5/c1-11-7-13-16-10-18-20(13)14(8-11)19-12-3-6-17-15(9-12)4-2-5-15/h7-8,10,12,17,19H,2-6,9H2,1H3. The quantitative estimate of drug-likeness (QED) is 0.878. The molecule has 1 spiro atoms. The largest absolute Gasteiger partial charge is 0.367 e. The van der Waals surface area contributed by atoms with Gasteiger partial charge in [-0.25, -0.2) is 4.98 Å². The van der Waals surface area contributed by atoms with Gasteiger partial charge in [-0.3, -0.25) is 0 Å². The third-order valence-corrected chi connectivity index (χ3v) is 4.82. The molecular formula is C15H21N5. The molecule has 2 N–H and O–H groups in total. The highest BCUT2D eigenvalue weighted by Gasteiger charge is 2.40. The second-order valence-corrected chi connectivity index (χ2v) is 6.34. The second-order valence-electron chi connectivity index (χ2n) is 6.34. The van der Waals surface area contributed by atoms with Crippen LogP contribution in [-0.4, -0.2) is 32.7 Å². The van der Waals surface area contributed by atoms with Gasteiger partial charge in [0.05, 0.1) is 0 Å². The first-order chi connectivity index (χ1) is 9.74. The molecule has 0 bridgehead atoms. The van der Waals surface area contributed by atoms with Crippen molar-refractivity contribution in [1.29, 1.82) is 0 Å². The Morgan fingerprint density at radius 3 is 3.10 bits per heavy atom. The van der Waals surface area contributed by atoms with Crippen molar-refractivity contribution in [3.8, 4) is 0 Å². The number of hydrogen-bond donors (Lipinski definition) is 2. The molecule has 0 amide bonds. The summed E-state index contributed by atoms with van der Waals surface area (Å²) in [6.07, 6.45) is 8.05. The number of nitrogens with one attached hydrogen (secondary N) is 2. The maximum atomic E-state index is 4.32. The van der Waals surface area contributed by atoms with Crippen LogP contribution >= 0.6 is 0 Å². The third-order valence-electron chi connectivity index (χ3n) is 4.82. The van der Waals surface area contributed by atoms with E-state index in [1.807, 2.05) is 4.52 Å². The molecule has 20 heavy (non-hydrogen) atoms. The number of fused-ring (bicyclic) bond motifs is 1. The summed E-state index contributed by atoms with van der Waals surface area (Å²) < 4.78 is 1.91. The molecule has 2 fully saturated rings. The molecule has 2 aromatic heterocycles. The highest BCUT2D eigenvalue weighted by atomic mass is 15.3. The Morgan fingerprint density at radius 2 is 2.30 bits per heavy atom. The summed E-state index contributed by atoms with van der Waals surface area (Å²) in [6.45, 7) is 3.22. The van der Waals surface area contributed by atoms with Crippen molar-refractivity contribution >= 4 is 11.5 Å². The van der Waals surface area contributed by atoms with Crippen molar-refractivity contribution in [2.45, 2.75) is 50.6 Å². The van der Waals surface area contributed by atoms with Gasteiger partial charge in [0.15, 0.2) is 5.65 Å². The summed E-state index contributed by atoms with van der Waals surface area (Å²) in [5, 5.41) is 11.7. The fourth-order valence-electron chi connectivity index (χ4n) is 3.63. The first-order valence-corrected chi connectivity index (χ1v) is 7.56. The van der Waals surface area contributed by atoms with E-state index in [4.69, 9.17) is 0 Å². The van der Waals surface area contributed by atoms with Gasteiger partial charge in [0.2, 0.25) is 0 Å². The van der Waals surface area contributed by atoms with E-state index in [0.29, 0.717) is 11.6 Å². The molecule has 0 radical (unpaired) electrons. The Morgan fingerprint density at radius 1 is 1.40 bits per heavy atom. The summed E-state index contributed by atoms with van der Waals surface area (Å²) in [4.78, 5) is 4.29. The molecule has 106 valence electrons. The summed E-state index contributed by atoms with van der Waals surface area (Å²) in [6, 6.07) is 4.76. The van der Waals surface area contributed by atoms with E-state index in [1.54, 1.807) is 6.33 Å². The minimum Gasteiger partial charge on any atom is -0.367 e. The molecule has 0 aromatic carbocycles. The molecule has 5 heteroatoms. The van der Waals surface area contributed by atoms with Gasteiger partial charge in [0, 0.05) is 11.6 Å². The SMILES string of the molecule is Cc1cc(NC2CCNC3(CCC3)C2)n2ncnc2c1. The highest BCUT2D eigenvalue weighted by Crippen LogP contribution is 2.38. The smallest absolute Gasteiger partial charge is 0.157 e. The lowest BCUT2D eigenvalue weighted by Crippen LogP contribution is -2.58. The number of nitrogens with zero attached hydrogens (tertiary/aromatic N) is 3. The summed E-state index contributed by atoms with van der Waals surface area (Å²) in [5.74, 6) is 1.07. The molecule has 1 unspecified atom stereocenters. The Bertz CT molecular complexity index is 628. The van der Waals surface area contributed by atoms with Gasteiger partial charge < -0.3 is 10.6 Å². The van der Waals surface area contributed by atoms with Gasteiger partial charge in [0.25, 0.3) is 0 Å². The van der Waals surface area contributed by atoms with Crippen molar-refractivity contribution in [3.63, 3.8) is 0 Å². The second kappa shape index (κ2) is 4.45. The van der Waals surface area contributed by atoms with Crippen molar-refractivity contribution in [2.75, 3.05) is 11.9 Å². The van der Waals surface area contributed by atoms with E-state index in [0.717, 1.165) is 18.0 Å². The van der Waals surface area contributed by atoms with Crippen molar-refractivity contribution in [1.82, 2.24) is 19.9 Å². The maximum absolute atomic E-state index is 4.32. The van der Waals surface area contributed by atoms with Gasteiger partial charge in [-0.05, 0) is 63.3 Å². The molecule has 1 aliphatic heterocycles. The number of aryl methyl sites for hydroxylation is 1. The minimum atomic E-state index is 0.418. The minimum absolute atomic E-state index is 0.418. The Kier molecular flexibility index (Phi) is 2.70. The van der Waals surface area contributed by atoms with Crippen LogP contribution < -0.4 is 10.6 Å². The zero-order valence-corrected chi connectivity index (χ0v) is 11.9. The fraction of sp³-hybridized carbons (Fsp3) is 0.600. The first-order valence-electron chi connectivity index (χ1n) is 7.56. The molecule has 2 aromatic rings. The monoisotopic (exact) mass is 271 g/mol. The lowest BCUT2D eigenvalue weighted by molar-refractivity contribution is 0.135. The molecule has 4 rings (SSSR count). The fourth-order valence-corrected chi connectivity index (χ4v) is 3.63. The number of rotatable bonds is 2. The molecule has 1 aliphatic carbocycles. The van der Waals surface area contributed by atoms with Crippen LogP contribution in [-0.2, 0) is 0 Å². The summed E-state index contributed by atoms with van der Waals surface area (Å²) >= 11 is 0. The zero-order valence-electron chi connectivity index (χ0n) is 11.9. The Hall–Kier alpha value is -1.62. The van der Waals surface area contributed by atoms with Gasteiger partial charge >= 0.3 is 0 Å². The van der Waals surface area contributed by atoms with Crippen LogP contribution in [0.5, 0.6) is 0 Å². The first kappa shape index (κ1) is 12.1. The van der Waals surface area contributed by atoms with Crippen LogP contribution in [0.3, 0.4) is 0 Å². The van der Waals surface area contributed by atoms with Gasteiger partial charge in [-0.1, -0.05) is 0 Å². The number of anilines is 1. The predicted octanol–water partition coefficient (Wildman–Crippen LogP) is 2.12. The van der Waals surface area contributed by atoms with Crippen LogP contribution in [0.2, 0.25) is 0 Å². The van der Waals surface area contributed by atoms with Crippen LogP contribution in [0.4, 0.5) is 5.82 Å². The van der Waals surface area contributed by atoms with Crippen LogP contribution in [0, 0.1) is 6.92 Å². The Balaban J connectivity index is 1.59. The van der Waals surface area contributed by atoms with Crippen LogP contribution in [0.25, 0.3) is 5.65 Å². The molecule has 5 nitrogen and oxygen atoms in total. The molecule has 3 heterocycles. The number of aromatic nitrogens is 3. The van der Waals surface area contributed by atoms with E-state index in [9.17, 15) is 0 Å². The molecule has 1 saturated carbocycles. The van der Waals surface area contributed by atoms with E-state index >= 15 is 0 Å². The van der Waals surface area contributed by atoms with E-state index in [2.05, 4.69) is 39.8 Å². The van der Waals surface area contributed by atoms with Crippen LogP contribution in [0.1, 0.15) is 37.7 Å². The van der Waals surface area contributed by atoms with Gasteiger partial charge in [-0.15, -0.1) is 0 Å². The third kappa shape index (κ3) is 1.97. The average Bonchev–Trinajstić information content (AvgIpc) is 2.85. The molecule has 1 saturated heterocycles. The van der Waals surface area contributed by atoms with E-state index in [-0.39, 0.29) is 0 Å². The van der Waals surface area contributed by atoms with E-state index < -0.39 is 0 Å². The predicted molar refractivity (Wildman–Crippen MR) is 79.0 cm³/mol. The van der Waals surface area contributed by atoms with Crippen molar-refractivity contribution < 1.29 is 0 Å². The molecule has 1 atom stereocenters. The zero-order chi connectivity index (χ0) is 13.6. The number of piperidine rings is 1. The lowest BCUT2D eigenvalue weighted by atomic mass is 9.70. The van der Waals surface area contributed by atoms with Crippen molar-refractivity contribution in [3.05, 3.63) is 24.0 Å². The van der Waals surface area contributed by atoms with Gasteiger partial charge in [0.1, 0.15) is 12.1 Å². The summed E-state index contributed by atoms with van der Waals surface area (Å²) in [5.41, 5.74) is 2.56. The van der Waals surface area contributed by atoms with Gasteiger partial charge in [-0.2, -0.15) is 9.61 Å². The molecule has 2 aliphatic rings. The lowest BCUT2D eigenvalue weighted by Gasteiger charge is -2.48.